The number of alkyl halides is 3. The highest BCUT2D eigenvalue weighted by atomic mass is 19.4. The Labute approximate surface area is 180 Å². The zero-order chi connectivity index (χ0) is 24.0. The van der Waals surface area contributed by atoms with Crippen LogP contribution in [0.2, 0.25) is 0 Å². The lowest BCUT2D eigenvalue weighted by Crippen LogP contribution is -2.47. The summed E-state index contributed by atoms with van der Waals surface area (Å²) in [6.45, 7) is 3.27. The third-order valence-corrected chi connectivity index (χ3v) is 5.95. The van der Waals surface area contributed by atoms with Crippen LogP contribution in [0.15, 0.2) is 30.5 Å². The molecule has 1 aromatic carbocycles. The van der Waals surface area contributed by atoms with Gasteiger partial charge in [0.2, 0.25) is 0 Å². The molecule has 4 atom stereocenters. The summed E-state index contributed by atoms with van der Waals surface area (Å²) in [7, 11) is 0. The van der Waals surface area contributed by atoms with Crippen LogP contribution in [-0.4, -0.2) is 34.7 Å². The molecule has 2 aromatic rings. The van der Waals surface area contributed by atoms with Crippen molar-refractivity contribution in [3.8, 4) is 0 Å². The van der Waals surface area contributed by atoms with Gasteiger partial charge in [-0.1, -0.05) is 13.0 Å². The van der Waals surface area contributed by atoms with Crippen LogP contribution in [-0.2, 0) is 9.53 Å². The van der Waals surface area contributed by atoms with E-state index in [1.807, 2.05) is 0 Å². The predicted octanol–water partition coefficient (Wildman–Crippen LogP) is 3.85. The summed E-state index contributed by atoms with van der Waals surface area (Å²) in [5, 5.41) is 2.39. The third-order valence-electron chi connectivity index (χ3n) is 5.95. The predicted molar refractivity (Wildman–Crippen MR) is 104 cm³/mol. The Bertz CT molecular complexity index is 1080. The molecule has 32 heavy (non-hydrogen) atoms. The molecule has 0 aliphatic carbocycles. The number of ether oxygens (including phenoxy) is 1. The van der Waals surface area contributed by atoms with Gasteiger partial charge in [-0.25, -0.2) is 8.78 Å². The maximum atomic E-state index is 14.2. The van der Waals surface area contributed by atoms with Gasteiger partial charge in [0.1, 0.15) is 11.8 Å². The lowest BCUT2D eigenvalue weighted by molar-refractivity contribution is -0.272. The maximum absolute atomic E-state index is 14.2. The number of carbonyl (C=O) groups is 2. The second-order valence-corrected chi connectivity index (χ2v) is 7.82. The Morgan fingerprint density at radius 2 is 1.88 bits per heavy atom. The number of carbonyl (C=O) groups excluding carboxylic acids is 2. The minimum atomic E-state index is -4.85. The number of amides is 2. The number of halogens is 5. The second-order valence-electron chi connectivity index (χ2n) is 7.82. The van der Waals surface area contributed by atoms with Gasteiger partial charge in [-0.3, -0.25) is 14.6 Å². The number of pyridine rings is 1. The zero-order valence-electron chi connectivity index (χ0n) is 17.3. The van der Waals surface area contributed by atoms with E-state index in [2.05, 4.69) is 10.3 Å². The molecular weight excluding hydrogens is 437 g/mol. The van der Waals surface area contributed by atoms with Crippen LogP contribution in [0.5, 0.6) is 0 Å². The smallest absolute Gasteiger partial charge is 0.364 e. The number of nitrogens with two attached hydrogens (primary N) is 1. The molecule has 2 amide bonds. The SMILES string of the molecule is Cc1c([C@H]2[C@@H](C(=O)Nc3ccnc(C(N)=O)c3)O[C@](C)(C(F)(F)F)[C@@H]2C)ccc(F)c1F. The third kappa shape index (κ3) is 3.92. The van der Waals surface area contributed by atoms with Gasteiger partial charge in [0, 0.05) is 23.7 Å². The van der Waals surface area contributed by atoms with Crippen LogP contribution in [0, 0.1) is 24.5 Å². The molecular formula is C21H20F5N3O3. The molecule has 1 saturated heterocycles. The molecule has 0 radical (unpaired) electrons. The Balaban J connectivity index is 2.05. The van der Waals surface area contributed by atoms with Gasteiger partial charge in [-0.2, -0.15) is 13.2 Å². The highest BCUT2D eigenvalue weighted by molar-refractivity contribution is 5.97. The van der Waals surface area contributed by atoms with E-state index >= 15 is 0 Å². The fourth-order valence-electron chi connectivity index (χ4n) is 3.91. The zero-order valence-corrected chi connectivity index (χ0v) is 17.3. The van der Waals surface area contributed by atoms with Crippen molar-refractivity contribution < 1.29 is 36.3 Å². The Morgan fingerprint density at radius 3 is 2.47 bits per heavy atom. The number of rotatable bonds is 4. The van der Waals surface area contributed by atoms with E-state index in [1.165, 1.54) is 26.1 Å². The van der Waals surface area contributed by atoms with E-state index in [0.29, 0.717) is 0 Å². The summed E-state index contributed by atoms with van der Waals surface area (Å²) < 4.78 is 74.7. The molecule has 1 aliphatic rings. The molecule has 6 nitrogen and oxygen atoms in total. The van der Waals surface area contributed by atoms with Crippen molar-refractivity contribution in [2.75, 3.05) is 5.32 Å². The first-order chi connectivity index (χ1) is 14.8. The van der Waals surface area contributed by atoms with Crippen LogP contribution in [0.4, 0.5) is 27.6 Å². The van der Waals surface area contributed by atoms with Crippen molar-refractivity contribution in [1.29, 1.82) is 0 Å². The number of benzene rings is 1. The Morgan fingerprint density at radius 1 is 1.22 bits per heavy atom. The normalized spacial score (nSPS) is 25.6. The number of aromatic nitrogens is 1. The van der Waals surface area contributed by atoms with Gasteiger partial charge in [0.15, 0.2) is 17.2 Å². The first-order valence-electron chi connectivity index (χ1n) is 9.53. The number of primary amides is 1. The number of hydrogen-bond acceptors (Lipinski definition) is 4. The van der Waals surface area contributed by atoms with Crippen molar-refractivity contribution in [1.82, 2.24) is 4.98 Å². The summed E-state index contributed by atoms with van der Waals surface area (Å²) >= 11 is 0. The summed E-state index contributed by atoms with van der Waals surface area (Å²) in [6, 6.07) is 4.41. The van der Waals surface area contributed by atoms with Gasteiger partial charge in [0.05, 0.1) is 0 Å². The van der Waals surface area contributed by atoms with Crippen molar-refractivity contribution in [3.05, 3.63) is 58.9 Å². The standard InChI is InChI=1S/C21H20F5N3O3/c1-9-12(4-5-13(22)16(9)23)15-10(2)20(3,21(24,25)26)32-17(15)19(31)29-11-6-7-28-14(8-11)18(27)30/h4-8,10,15,17H,1-3H3,(H2,27,30)(H,28,29,31)/t10-,15+,17+,20+/m1/s1. The highest BCUT2D eigenvalue weighted by Gasteiger charge is 2.65. The van der Waals surface area contributed by atoms with Crippen LogP contribution in [0.1, 0.15) is 41.4 Å². The molecule has 1 fully saturated rings. The quantitative estimate of drug-likeness (QED) is 0.682. The number of hydrogen-bond donors (Lipinski definition) is 2. The van der Waals surface area contributed by atoms with Crippen LogP contribution >= 0.6 is 0 Å². The minimum absolute atomic E-state index is 0.0251. The summed E-state index contributed by atoms with van der Waals surface area (Å²) in [6.07, 6.45) is -5.35. The van der Waals surface area contributed by atoms with Crippen molar-refractivity contribution in [3.63, 3.8) is 0 Å². The van der Waals surface area contributed by atoms with Crippen molar-refractivity contribution in [2.45, 2.75) is 44.6 Å². The van der Waals surface area contributed by atoms with Crippen LogP contribution in [0.25, 0.3) is 0 Å². The summed E-state index contributed by atoms with van der Waals surface area (Å²) in [4.78, 5) is 28.0. The molecule has 0 bridgehead atoms. The van der Waals surface area contributed by atoms with E-state index < -0.39 is 53.2 Å². The molecule has 0 spiro atoms. The molecule has 11 heteroatoms. The highest BCUT2D eigenvalue weighted by Crippen LogP contribution is 2.54. The average Bonchev–Trinajstić information content (AvgIpc) is 2.99. The van der Waals surface area contributed by atoms with E-state index in [4.69, 9.17) is 10.5 Å². The Hall–Kier alpha value is -3.08. The lowest BCUT2D eigenvalue weighted by atomic mass is 9.76. The molecule has 1 aliphatic heterocycles. The fourth-order valence-corrected chi connectivity index (χ4v) is 3.91. The van der Waals surface area contributed by atoms with Gasteiger partial charge in [-0.15, -0.1) is 0 Å². The Kier molecular flexibility index (Phi) is 5.98. The molecule has 1 aromatic heterocycles. The number of nitrogens with zero attached hydrogens (tertiary/aromatic N) is 1. The van der Waals surface area contributed by atoms with Crippen LogP contribution in [0.3, 0.4) is 0 Å². The molecule has 0 unspecified atom stereocenters. The van der Waals surface area contributed by atoms with Gasteiger partial charge in [0.25, 0.3) is 11.8 Å². The molecule has 3 N–H and O–H groups in total. The topological polar surface area (TPSA) is 94.3 Å². The van der Waals surface area contributed by atoms with Crippen LogP contribution < -0.4 is 11.1 Å². The van der Waals surface area contributed by atoms with Gasteiger partial charge < -0.3 is 15.8 Å². The number of nitrogens with one attached hydrogen (secondary N) is 1. The second kappa shape index (κ2) is 8.12. The fraction of sp³-hybridized carbons (Fsp3) is 0.381. The van der Waals surface area contributed by atoms with E-state index in [1.54, 1.807) is 0 Å². The van der Waals surface area contributed by atoms with E-state index in [-0.39, 0.29) is 22.5 Å². The average molecular weight is 457 g/mol. The first-order valence-corrected chi connectivity index (χ1v) is 9.53. The van der Waals surface area contributed by atoms with Crippen molar-refractivity contribution >= 4 is 17.5 Å². The molecule has 0 saturated carbocycles. The molecule has 2 heterocycles. The largest absolute Gasteiger partial charge is 0.417 e. The number of anilines is 1. The van der Waals surface area contributed by atoms with E-state index in [0.717, 1.165) is 25.1 Å². The molecule has 3 rings (SSSR count). The van der Waals surface area contributed by atoms with Gasteiger partial charge >= 0.3 is 6.18 Å². The lowest BCUT2D eigenvalue weighted by Gasteiger charge is -2.32. The first kappa shape index (κ1) is 23.6. The van der Waals surface area contributed by atoms with Gasteiger partial charge in [-0.05, 0) is 43.2 Å². The summed E-state index contributed by atoms with van der Waals surface area (Å²) in [5.41, 5.74) is 2.11. The van der Waals surface area contributed by atoms with E-state index in [9.17, 15) is 31.5 Å². The monoisotopic (exact) mass is 457 g/mol. The summed E-state index contributed by atoms with van der Waals surface area (Å²) in [5.74, 6) is -6.76. The molecule has 172 valence electrons. The van der Waals surface area contributed by atoms with Crippen molar-refractivity contribution in [2.24, 2.45) is 11.7 Å². The maximum Gasteiger partial charge on any atom is 0.417 e. The minimum Gasteiger partial charge on any atom is -0.364 e.